The highest BCUT2D eigenvalue weighted by Crippen LogP contribution is 2.29. The van der Waals surface area contributed by atoms with Gasteiger partial charge in [-0.3, -0.25) is 14.4 Å². The van der Waals surface area contributed by atoms with Gasteiger partial charge in [0.25, 0.3) is 5.91 Å². The smallest absolute Gasteiger partial charge is 0.255 e. The Hall–Kier alpha value is -3.73. The molecule has 0 atom stereocenters. The van der Waals surface area contributed by atoms with E-state index in [1.165, 1.54) is 0 Å². The molecule has 0 fully saturated rings. The van der Waals surface area contributed by atoms with E-state index < -0.39 is 0 Å². The largest absolute Gasteiger partial charge is 0.494 e. The van der Waals surface area contributed by atoms with Crippen LogP contribution in [0.25, 0.3) is 0 Å². The standard InChI is InChI=1S/C25H21NO4/c1-2-3-13-30-18-8-6-7-16(14-18)25(29)26-17-11-12-21-22(15-17)24(28)20-10-5-4-9-19(20)23(21)27/h4-12,14-15H,2-3,13H2,1H3,(H,26,29). The van der Waals surface area contributed by atoms with E-state index >= 15 is 0 Å². The Labute approximate surface area is 174 Å². The van der Waals surface area contributed by atoms with E-state index in [2.05, 4.69) is 12.2 Å². The number of amides is 1. The number of carbonyl (C=O) groups excluding carboxylic acids is 3. The molecule has 0 aliphatic heterocycles. The number of benzene rings is 3. The van der Waals surface area contributed by atoms with Crippen molar-refractivity contribution in [3.8, 4) is 5.75 Å². The van der Waals surface area contributed by atoms with Crippen LogP contribution in [0.1, 0.15) is 62.0 Å². The fraction of sp³-hybridized carbons (Fsp3) is 0.160. The topological polar surface area (TPSA) is 72.5 Å². The third-order valence-electron chi connectivity index (χ3n) is 5.05. The van der Waals surface area contributed by atoms with Gasteiger partial charge in [0, 0.05) is 33.5 Å². The van der Waals surface area contributed by atoms with Gasteiger partial charge in [0.2, 0.25) is 0 Å². The third-order valence-corrected chi connectivity index (χ3v) is 5.05. The average molecular weight is 399 g/mol. The molecule has 0 aromatic heterocycles. The molecular weight excluding hydrogens is 378 g/mol. The predicted molar refractivity (Wildman–Crippen MR) is 115 cm³/mol. The van der Waals surface area contributed by atoms with Crippen molar-refractivity contribution < 1.29 is 19.1 Å². The Morgan fingerprint density at radius 2 is 1.53 bits per heavy atom. The molecule has 0 saturated carbocycles. The molecule has 1 aliphatic carbocycles. The van der Waals surface area contributed by atoms with Gasteiger partial charge in [-0.2, -0.15) is 0 Å². The summed E-state index contributed by atoms with van der Waals surface area (Å²) in [4.78, 5) is 38.2. The number of carbonyl (C=O) groups is 3. The second-order valence-corrected chi connectivity index (χ2v) is 7.15. The lowest BCUT2D eigenvalue weighted by molar-refractivity contribution is 0.0979. The van der Waals surface area contributed by atoms with Crippen molar-refractivity contribution in [2.75, 3.05) is 11.9 Å². The summed E-state index contributed by atoms with van der Waals surface area (Å²) in [5.74, 6) is -0.0811. The Morgan fingerprint density at radius 3 is 2.27 bits per heavy atom. The molecule has 3 aromatic rings. The van der Waals surface area contributed by atoms with Crippen LogP contribution in [0, 0.1) is 0 Å². The SMILES string of the molecule is CCCCOc1cccc(C(=O)Nc2ccc3c(c2)C(=O)c2ccccc2C3=O)c1. The molecule has 0 bridgehead atoms. The van der Waals surface area contributed by atoms with Crippen LogP contribution in [0.5, 0.6) is 5.75 Å². The second-order valence-electron chi connectivity index (χ2n) is 7.15. The molecule has 1 aliphatic rings. The number of hydrogen-bond acceptors (Lipinski definition) is 4. The lowest BCUT2D eigenvalue weighted by Crippen LogP contribution is -2.21. The van der Waals surface area contributed by atoms with Gasteiger partial charge in [-0.05, 0) is 42.8 Å². The van der Waals surface area contributed by atoms with Crippen molar-refractivity contribution in [1.29, 1.82) is 0 Å². The molecule has 0 heterocycles. The van der Waals surface area contributed by atoms with Crippen LogP contribution in [0.4, 0.5) is 5.69 Å². The zero-order valence-corrected chi connectivity index (χ0v) is 16.6. The summed E-state index contributed by atoms with van der Waals surface area (Å²) in [6.45, 7) is 2.69. The van der Waals surface area contributed by atoms with Crippen LogP contribution in [-0.2, 0) is 0 Å². The molecule has 0 radical (unpaired) electrons. The number of ketones is 2. The lowest BCUT2D eigenvalue weighted by Gasteiger charge is -2.18. The average Bonchev–Trinajstić information content (AvgIpc) is 2.78. The maximum atomic E-state index is 12.8. The van der Waals surface area contributed by atoms with Gasteiger partial charge < -0.3 is 10.1 Å². The minimum Gasteiger partial charge on any atom is -0.494 e. The van der Waals surface area contributed by atoms with Crippen molar-refractivity contribution in [2.45, 2.75) is 19.8 Å². The van der Waals surface area contributed by atoms with Crippen LogP contribution in [0.2, 0.25) is 0 Å². The van der Waals surface area contributed by atoms with Crippen LogP contribution >= 0.6 is 0 Å². The zero-order valence-electron chi connectivity index (χ0n) is 16.6. The number of fused-ring (bicyclic) bond motifs is 2. The first-order valence-corrected chi connectivity index (χ1v) is 9.95. The Kier molecular flexibility index (Phi) is 5.44. The van der Waals surface area contributed by atoms with E-state index in [4.69, 9.17) is 4.74 Å². The zero-order chi connectivity index (χ0) is 21.1. The number of unbranched alkanes of at least 4 members (excludes halogenated alkanes) is 1. The van der Waals surface area contributed by atoms with E-state index in [0.29, 0.717) is 45.9 Å². The summed E-state index contributed by atoms with van der Waals surface area (Å²) >= 11 is 0. The Morgan fingerprint density at radius 1 is 0.833 bits per heavy atom. The molecule has 1 N–H and O–H groups in total. The van der Waals surface area contributed by atoms with Gasteiger partial charge in [0.15, 0.2) is 11.6 Å². The molecule has 5 heteroatoms. The molecule has 3 aromatic carbocycles. The number of anilines is 1. The number of ether oxygens (including phenoxy) is 1. The van der Waals surface area contributed by atoms with Gasteiger partial charge in [0.05, 0.1) is 6.61 Å². The monoisotopic (exact) mass is 399 g/mol. The van der Waals surface area contributed by atoms with Gasteiger partial charge in [-0.15, -0.1) is 0 Å². The molecule has 5 nitrogen and oxygen atoms in total. The Bertz CT molecular complexity index is 1150. The van der Waals surface area contributed by atoms with Crippen LogP contribution in [0.15, 0.2) is 66.7 Å². The maximum absolute atomic E-state index is 12.8. The van der Waals surface area contributed by atoms with Crippen molar-refractivity contribution >= 4 is 23.2 Å². The van der Waals surface area contributed by atoms with Gasteiger partial charge >= 0.3 is 0 Å². The van der Waals surface area contributed by atoms with Crippen molar-refractivity contribution in [1.82, 2.24) is 0 Å². The highest BCUT2D eigenvalue weighted by Gasteiger charge is 2.29. The summed E-state index contributed by atoms with van der Waals surface area (Å²) in [5.41, 5.74) is 2.35. The van der Waals surface area contributed by atoms with Crippen molar-refractivity contribution in [2.24, 2.45) is 0 Å². The fourth-order valence-corrected chi connectivity index (χ4v) is 3.44. The summed E-state index contributed by atoms with van der Waals surface area (Å²) in [7, 11) is 0. The van der Waals surface area contributed by atoms with Crippen LogP contribution in [-0.4, -0.2) is 24.1 Å². The summed E-state index contributed by atoms with van der Waals surface area (Å²) in [6.07, 6.45) is 1.98. The van der Waals surface area contributed by atoms with Gasteiger partial charge in [-0.25, -0.2) is 0 Å². The summed E-state index contributed by atoms with van der Waals surface area (Å²) in [6, 6.07) is 18.5. The Balaban J connectivity index is 1.55. The second kappa shape index (κ2) is 8.33. The van der Waals surface area contributed by atoms with Crippen molar-refractivity contribution in [3.05, 3.63) is 94.5 Å². The fourth-order valence-electron chi connectivity index (χ4n) is 3.44. The molecule has 0 saturated heterocycles. The number of rotatable bonds is 6. The molecule has 0 unspecified atom stereocenters. The van der Waals surface area contributed by atoms with E-state index in [-0.39, 0.29) is 17.5 Å². The number of nitrogens with one attached hydrogen (secondary N) is 1. The van der Waals surface area contributed by atoms with E-state index in [1.54, 1.807) is 60.7 Å². The molecule has 4 rings (SSSR count). The highest BCUT2D eigenvalue weighted by atomic mass is 16.5. The maximum Gasteiger partial charge on any atom is 0.255 e. The predicted octanol–water partition coefficient (Wildman–Crippen LogP) is 4.89. The van der Waals surface area contributed by atoms with E-state index in [0.717, 1.165) is 12.8 Å². The van der Waals surface area contributed by atoms with Gasteiger partial charge in [0.1, 0.15) is 5.75 Å². The first-order valence-electron chi connectivity index (χ1n) is 9.95. The molecule has 0 spiro atoms. The molecular formula is C25H21NO4. The lowest BCUT2D eigenvalue weighted by atomic mass is 9.84. The minimum absolute atomic E-state index is 0.185. The van der Waals surface area contributed by atoms with E-state index in [9.17, 15) is 14.4 Å². The first-order chi connectivity index (χ1) is 14.6. The van der Waals surface area contributed by atoms with Crippen LogP contribution < -0.4 is 10.1 Å². The summed E-state index contributed by atoms with van der Waals surface area (Å²) in [5, 5.41) is 2.80. The first kappa shape index (κ1) is 19.6. The quantitative estimate of drug-likeness (QED) is 0.469. The van der Waals surface area contributed by atoms with Gasteiger partial charge in [-0.1, -0.05) is 43.7 Å². The van der Waals surface area contributed by atoms with Crippen LogP contribution in [0.3, 0.4) is 0 Å². The molecule has 1 amide bonds. The molecule has 30 heavy (non-hydrogen) atoms. The number of hydrogen-bond donors (Lipinski definition) is 1. The normalized spacial score (nSPS) is 12.2. The third kappa shape index (κ3) is 3.74. The summed E-state index contributed by atoms with van der Waals surface area (Å²) < 4.78 is 5.66. The van der Waals surface area contributed by atoms with E-state index in [1.807, 2.05) is 6.07 Å². The molecule has 150 valence electrons. The minimum atomic E-state index is -0.314. The van der Waals surface area contributed by atoms with Crippen molar-refractivity contribution in [3.63, 3.8) is 0 Å². The highest BCUT2D eigenvalue weighted by molar-refractivity contribution is 6.28.